The molecule has 1 aromatic heterocycles. The number of carboxylic acids is 1. The van der Waals surface area contributed by atoms with Gasteiger partial charge in [-0.3, -0.25) is 14.5 Å². The van der Waals surface area contributed by atoms with Crippen molar-refractivity contribution in [3.8, 4) is 0 Å². The first-order valence-corrected chi connectivity index (χ1v) is 6.79. The molecule has 2 heterocycles. The van der Waals surface area contributed by atoms with E-state index in [4.69, 9.17) is 16.7 Å². The second-order valence-electron chi connectivity index (χ2n) is 4.62. The fourth-order valence-electron chi connectivity index (χ4n) is 2.14. The number of aliphatic carboxylic acids is 1. The van der Waals surface area contributed by atoms with Crippen LogP contribution >= 0.6 is 11.6 Å². The number of carbonyl (C=O) groups excluding carboxylic acids is 1. The topological polar surface area (TPSA) is 73.7 Å². The maximum absolute atomic E-state index is 12.3. The average molecular weight is 298 g/mol. The number of amides is 1. The molecule has 1 N–H and O–H groups in total. The summed E-state index contributed by atoms with van der Waals surface area (Å²) in [5.41, 5.74) is 0.410. The Hall–Kier alpha value is -1.66. The second-order valence-corrected chi connectivity index (χ2v) is 4.98. The number of nitrogens with zero attached hydrogens (tertiary/aromatic N) is 3. The lowest BCUT2D eigenvalue weighted by Crippen LogP contribution is -2.49. The summed E-state index contributed by atoms with van der Waals surface area (Å²) in [4.78, 5) is 30.5. The number of hydrogen-bond acceptors (Lipinski definition) is 4. The van der Waals surface area contributed by atoms with Gasteiger partial charge in [0.2, 0.25) is 0 Å². The van der Waals surface area contributed by atoms with E-state index in [0.29, 0.717) is 38.3 Å². The third-order valence-corrected chi connectivity index (χ3v) is 3.59. The molecule has 1 aliphatic rings. The number of piperazine rings is 1. The zero-order valence-corrected chi connectivity index (χ0v) is 11.7. The van der Waals surface area contributed by atoms with Gasteiger partial charge in [-0.1, -0.05) is 11.6 Å². The highest BCUT2D eigenvalue weighted by Gasteiger charge is 2.23. The highest BCUT2D eigenvalue weighted by molar-refractivity contribution is 6.32. The molecule has 0 saturated carbocycles. The fraction of sp³-hybridized carbons (Fsp3) is 0.462. The van der Waals surface area contributed by atoms with Gasteiger partial charge in [-0.05, 0) is 12.1 Å². The van der Waals surface area contributed by atoms with Crippen molar-refractivity contribution in [2.45, 2.75) is 6.42 Å². The Morgan fingerprint density at radius 2 is 2.00 bits per heavy atom. The van der Waals surface area contributed by atoms with Crippen molar-refractivity contribution in [3.63, 3.8) is 0 Å². The van der Waals surface area contributed by atoms with Gasteiger partial charge in [-0.2, -0.15) is 0 Å². The summed E-state index contributed by atoms with van der Waals surface area (Å²) in [5.74, 6) is -0.924. The monoisotopic (exact) mass is 297 g/mol. The molecule has 7 heteroatoms. The van der Waals surface area contributed by atoms with Crippen LogP contribution in [0.4, 0.5) is 0 Å². The molecule has 6 nitrogen and oxygen atoms in total. The third-order valence-electron chi connectivity index (χ3n) is 3.29. The minimum Gasteiger partial charge on any atom is -0.481 e. The summed E-state index contributed by atoms with van der Waals surface area (Å²) >= 11 is 5.92. The van der Waals surface area contributed by atoms with Crippen molar-refractivity contribution < 1.29 is 14.7 Å². The van der Waals surface area contributed by atoms with E-state index in [1.807, 2.05) is 4.90 Å². The van der Waals surface area contributed by atoms with Crippen LogP contribution in [0.1, 0.15) is 16.8 Å². The minimum atomic E-state index is -0.800. The Morgan fingerprint density at radius 3 is 2.60 bits per heavy atom. The van der Waals surface area contributed by atoms with Gasteiger partial charge in [-0.25, -0.2) is 4.98 Å². The van der Waals surface area contributed by atoms with Crippen molar-refractivity contribution in [3.05, 3.63) is 29.0 Å². The van der Waals surface area contributed by atoms with Crippen LogP contribution in [0.3, 0.4) is 0 Å². The molecule has 2 rings (SSSR count). The molecule has 20 heavy (non-hydrogen) atoms. The summed E-state index contributed by atoms with van der Waals surface area (Å²) in [6.07, 6.45) is 1.67. The average Bonchev–Trinajstić information content (AvgIpc) is 2.45. The van der Waals surface area contributed by atoms with Crippen molar-refractivity contribution in [2.75, 3.05) is 32.7 Å². The van der Waals surface area contributed by atoms with Crippen molar-refractivity contribution in [1.82, 2.24) is 14.8 Å². The predicted octanol–water partition coefficient (Wildman–Crippen LogP) is 0.967. The van der Waals surface area contributed by atoms with Crippen LogP contribution in [-0.4, -0.2) is 64.5 Å². The lowest BCUT2D eigenvalue weighted by Gasteiger charge is -2.34. The van der Waals surface area contributed by atoms with Gasteiger partial charge in [-0.15, -0.1) is 0 Å². The normalized spacial score (nSPS) is 16.1. The van der Waals surface area contributed by atoms with E-state index in [2.05, 4.69) is 4.98 Å². The number of halogens is 1. The SMILES string of the molecule is O=C(O)CCN1CCN(C(=O)c2cccnc2Cl)CC1. The van der Waals surface area contributed by atoms with Gasteiger partial charge in [0.15, 0.2) is 0 Å². The lowest BCUT2D eigenvalue weighted by molar-refractivity contribution is -0.137. The van der Waals surface area contributed by atoms with Gasteiger partial charge in [0.05, 0.1) is 12.0 Å². The van der Waals surface area contributed by atoms with Crippen LogP contribution in [0.2, 0.25) is 5.15 Å². The summed E-state index contributed by atoms with van der Waals surface area (Å²) in [5, 5.41) is 8.86. The number of carbonyl (C=O) groups is 2. The first-order valence-electron chi connectivity index (χ1n) is 6.42. The highest BCUT2D eigenvalue weighted by atomic mass is 35.5. The summed E-state index contributed by atoms with van der Waals surface area (Å²) in [7, 11) is 0. The Bertz CT molecular complexity index is 501. The number of pyridine rings is 1. The Balaban J connectivity index is 1.89. The molecule has 0 bridgehead atoms. The van der Waals surface area contributed by atoms with Gasteiger partial charge < -0.3 is 10.0 Å². The van der Waals surface area contributed by atoms with Gasteiger partial charge >= 0.3 is 5.97 Å². The standard InChI is InChI=1S/C13H16ClN3O3/c14-12-10(2-1-4-15-12)13(20)17-8-6-16(7-9-17)5-3-11(18)19/h1-2,4H,3,5-9H2,(H,18,19). The number of rotatable bonds is 4. The van der Waals surface area contributed by atoms with E-state index in [0.717, 1.165) is 0 Å². The van der Waals surface area contributed by atoms with Gasteiger partial charge in [0.1, 0.15) is 5.15 Å². The number of carboxylic acid groups (broad SMARTS) is 1. The maximum atomic E-state index is 12.3. The molecule has 1 saturated heterocycles. The van der Waals surface area contributed by atoms with Crippen LogP contribution in [0.5, 0.6) is 0 Å². The molecule has 1 aliphatic heterocycles. The van der Waals surface area contributed by atoms with Crippen LogP contribution in [0.15, 0.2) is 18.3 Å². The molecule has 0 atom stereocenters. The molecule has 0 spiro atoms. The second kappa shape index (κ2) is 6.67. The minimum absolute atomic E-state index is 0.124. The molecule has 108 valence electrons. The molecule has 0 aliphatic carbocycles. The smallest absolute Gasteiger partial charge is 0.304 e. The van der Waals surface area contributed by atoms with E-state index in [1.165, 1.54) is 0 Å². The first kappa shape index (κ1) is 14.7. The zero-order chi connectivity index (χ0) is 14.5. The molecule has 1 amide bonds. The third kappa shape index (κ3) is 3.68. The quantitative estimate of drug-likeness (QED) is 0.838. The summed E-state index contributed by atoms with van der Waals surface area (Å²) in [6.45, 7) is 3.02. The predicted molar refractivity (Wildman–Crippen MR) is 73.8 cm³/mol. The van der Waals surface area contributed by atoms with Gasteiger partial charge in [0.25, 0.3) is 5.91 Å². The molecular formula is C13H16ClN3O3. The van der Waals surface area contributed by atoms with Crippen LogP contribution in [-0.2, 0) is 4.79 Å². The molecule has 0 unspecified atom stereocenters. The molecule has 0 aromatic carbocycles. The largest absolute Gasteiger partial charge is 0.481 e. The number of hydrogen-bond donors (Lipinski definition) is 1. The zero-order valence-electron chi connectivity index (χ0n) is 11.0. The maximum Gasteiger partial charge on any atom is 0.304 e. The van der Waals surface area contributed by atoms with E-state index >= 15 is 0 Å². The Kier molecular flexibility index (Phi) is 4.92. The Labute approximate surface area is 122 Å². The summed E-state index contributed by atoms with van der Waals surface area (Å²) in [6, 6.07) is 3.34. The molecule has 0 radical (unpaired) electrons. The fourth-order valence-corrected chi connectivity index (χ4v) is 2.34. The van der Waals surface area contributed by atoms with Crippen molar-refractivity contribution in [2.24, 2.45) is 0 Å². The van der Waals surface area contributed by atoms with Gasteiger partial charge in [0, 0.05) is 38.9 Å². The summed E-state index contributed by atoms with van der Waals surface area (Å²) < 4.78 is 0. The van der Waals surface area contributed by atoms with E-state index in [1.54, 1.807) is 23.2 Å². The number of aromatic nitrogens is 1. The molecular weight excluding hydrogens is 282 g/mol. The van der Waals surface area contributed by atoms with E-state index in [-0.39, 0.29) is 17.5 Å². The van der Waals surface area contributed by atoms with Crippen LogP contribution in [0.25, 0.3) is 0 Å². The van der Waals surface area contributed by atoms with Crippen molar-refractivity contribution in [1.29, 1.82) is 0 Å². The first-order chi connectivity index (χ1) is 9.58. The van der Waals surface area contributed by atoms with E-state index < -0.39 is 5.97 Å². The molecule has 1 fully saturated rings. The van der Waals surface area contributed by atoms with Crippen molar-refractivity contribution >= 4 is 23.5 Å². The van der Waals surface area contributed by atoms with Crippen LogP contribution < -0.4 is 0 Å². The van der Waals surface area contributed by atoms with E-state index in [9.17, 15) is 9.59 Å². The Morgan fingerprint density at radius 1 is 1.30 bits per heavy atom. The van der Waals surface area contributed by atoms with Crippen LogP contribution in [0, 0.1) is 0 Å². The molecule has 1 aromatic rings. The highest BCUT2D eigenvalue weighted by Crippen LogP contribution is 2.15. The lowest BCUT2D eigenvalue weighted by atomic mass is 10.2.